The van der Waals surface area contributed by atoms with Crippen LogP contribution in [0, 0.1) is 11.3 Å². The molecule has 1 aliphatic heterocycles. The molecule has 8 nitrogen and oxygen atoms in total. The molecule has 0 bridgehead atoms. The number of esters is 1. The zero-order valence-corrected chi connectivity index (χ0v) is 24.0. The number of halogens is 2. The fourth-order valence-electron chi connectivity index (χ4n) is 4.21. The third-order valence-corrected chi connectivity index (χ3v) is 7.24. The highest BCUT2D eigenvalue weighted by Gasteiger charge is 2.35. The van der Waals surface area contributed by atoms with Crippen LogP contribution in [-0.2, 0) is 9.53 Å². The Bertz CT molecular complexity index is 1660. The van der Waals surface area contributed by atoms with Gasteiger partial charge in [-0.3, -0.25) is 9.36 Å². The van der Waals surface area contributed by atoms with Gasteiger partial charge in [0.2, 0.25) is 0 Å². The number of nitrogens with zero attached hydrogens (tertiary/aromatic N) is 3. The molecule has 0 amide bonds. The highest BCUT2D eigenvalue weighted by atomic mass is 35.5. The van der Waals surface area contributed by atoms with Gasteiger partial charge in [0.05, 0.1) is 38.6 Å². The third kappa shape index (κ3) is 5.88. The minimum absolute atomic E-state index is 0.132. The second kappa shape index (κ2) is 12.1. The maximum atomic E-state index is 13.9. The lowest BCUT2D eigenvalue weighted by Crippen LogP contribution is -2.40. The van der Waals surface area contributed by atoms with E-state index in [0.717, 1.165) is 0 Å². The molecule has 0 radical (unpaired) electrons. The van der Waals surface area contributed by atoms with Crippen LogP contribution in [0.2, 0.25) is 10.0 Å². The molecular formula is C28H25Cl2N3O5S. The van der Waals surface area contributed by atoms with Gasteiger partial charge in [-0.15, -0.1) is 0 Å². The zero-order chi connectivity index (χ0) is 28.3. The molecule has 2 heterocycles. The maximum absolute atomic E-state index is 13.9. The molecule has 39 heavy (non-hydrogen) atoms. The van der Waals surface area contributed by atoms with Crippen LogP contribution < -0.4 is 24.4 Å². The lowest BCUT2D eigenvalue weighted by atomic mass is 9.95. The van der Waals surface area contributed by atoms with Crippen molar-refractivity contribution in [3.63, 3.8) is 0 Å². The number of thiazole rings is 1. The van der Waals surface area contributed by atoms with Crippen LogP contribution in [0.25, 0.3) is 6.08 Å². The maximum Gasteiger partial charge on any atom is 0.338 e. The zero-order valence-electron chi connectivity index (χ0n) is 21.7. The number of ether oxygens (including phenoxy) is 3. The van der Waals surface area contributed by atoms with Crippen molar-refractivity contribution in [3.8, 4) is 17.6 Å². The minimum atomic E-state index is -0.814. The van der Waals surface area contributed by atoms with Crippen molar-refractivity contribution < 1.29 is 19.0 Å². The molecule has 3 aromatic rings. The average molecular weight is 586 g/mol. The normalized spacial score (nSPS) is 15.0. The average Bonchev–Trinajstić information content (AvgIpc) is 3.17. The summed E-state index contributed by atoms with van der Waals surface area (Å²) in [5.41, 5.74) is 1.56. The van der Waals surface area contributed by atoms with E-state index in [1.165, 1.54) is 15.9 Å². The molecule has 0 spiro atoms. The topological polar surface area (TPSA) is 103 Å². The van der Waals surface area contributed by atoms with E-state index in [-0.39, 0.29) is 46.2 Å². The van der Waals surface area contributed by atoms with Crippen molar-refractivity contribution >= 4 is 46.6 Å². The quantitative estimate of drug-likeness (QED) is 0.352. The molecule has 1 aliphatic rings. The summed E-state index contributed by atoms with van der Waals surface area (Å²) in [5, 5.41) is 9.19. The van der Waals surface area contributed by atoms with Gasteiger partial charge in [0.1, 0.15) is 17.9 Å². The van der Waals surface area contributed by atoms with Gasteiger partial charge in [0, 0.05) is 5.56 Å². The van der Waals surface area contributed by atoms with E-state index in [2.05, 4.69) is 4.99 Å². The smallest absolute Gasteiger partial charge is 0.338 e. The summed E-state index contributed by atoms with van der Waals surface area (Å²) in [5.74, 6) is 0.189. The summed E-state index contributed by atoms with van der Waals surface area (Å²) < 4.78 is 18.6. The van der Waals surface area contributed by atoms with Gasteiger partial charge in [-0.2, -0.15) is 5.26 Å². The van der Waals surface area contributed by atoms with Crippen molar-refractivity contribution in [2.45, 2.75) is 39.8 Å². The molecule has 0 saturated carbocycles. The number of carbonyl (C=O) groups excluding carboxylic acids is 1. The van der Waals surface area contributed by atoms with Gasteiger partial charge in [0.15, 0.2) is 17.2 Å². The predicted octanol–water partition coefficient (Wildman–Crippen LogP) is 4.79. The van der Waals surface area contributed by atoms with Gasteiger partial charge >= 0.3 is 5.97 Å². The van der Waals surface area contributed by atoms with E-state index in [9.17, 15) is 9.59 Å². The third-order valence-electron chi connectivity index (χ3n) is 5.69. The van der Waals surface area contributed by atoms with Crippen molar-refractivity contribution in [1.29, 1.82) is 5.26 Å². The first-order valence-corrected chi connectivity index (χ1v) is 13.7. The Morgan fingerprint density at radius 2 is 1.95 bits per heavy atom. The summed E-state index contributed by atoms with van der Waals surface area (Å²) in [6.45, 7) is 7.22. The molecule has 0 fully saturated rings. The number of allylic oxidation sites excluding steroid dienone is 1. The lowest BCUT2D eigenvalue weighted by Gasteiger charge is -2.26. The number of fused-ring (bicyclic) bond motifs is 1. The molecule has 0 unspecified atom stereocenters. The molecule has 0 aliphatic carbocycles. The van der Waals surface area contributed by atoms with E-state index in [1.54, 1.807) is 32.1 Å². The molecule has 4 rings (SSSR count). The summed E-state index contributed by atoms with van der Waals surface area (Å²) >= 11 is 13.8. The Labute approximate surface area is 239 Å². The number of benzene rings is 2. The second-order valence-electron chi connectivity index (χ2n) is 8.77. The first kappa shape index (κ1) is 28.4. The van der Waals surface area contributed by atoms with Crippen molar-refractivity contribution in [3.05, 3.63) is 88.5 Å². The predicted molar refractivity (Wildman–Crippen MR) is 150 cm³/mol. The van der Waals surface area contributed by atoms with Crippen LogP contribution in [0.1, 0.15) is 44.9 Å². The second-order valence-corrected chi connectivity index (χ2v) is 10.6. The van der Waals surface area contributed by atoms with Gasteiger partial charge in [0.25, 0.3) is 5.56 Å². The van der Waals surface area contributed by atoms with Crippen molar-refractivity contribution in [2.75, 3.05) is 13.2 Å². The fourth-order valence-corrected chi connectivity index (χ4v) is 5.87. The van der Waals surface area contributed by atoms with Crippen molar-refractivity contribution in [2.24, 2.45) is 4.99 Å². The van der Waals surface area contributed by atoms with Gasteiger partial charge < -0.3 is 14.2 Å². The Kier molecular flexibility index (Phi) is 8.80. The number of nitriles is 1. The molecule has 1 atom stereocenters. The summed E-state index contributed by atoms with van der Waals surface area (Å²) in [6.07, 6.45) is 1.51. The van der Waals surface area contributed by atoms with E-state index in [4.69, 9.17) is 42.7 Å². The number of aromatic nitrogens is 1. The van der Waals surface area contributed by atoms with E-state index < -0.39 is 12.0 Å². The van der Waals surface area contributed by atoms with E-state index in [0.29, 0.717) is 31.9 Å². The van der Waals surface area contributed by atoms with Gasteiger partial charge in [-0.1, -0.05) is 52.7 Å². The first-order valence-electron chi connectivity index (χ1n) is 12.1. The SMILES string of the molecule is CCOC(=O)C1=C(C)N=c2s/c(=C/c3cc(Cl)c(OCC#N)c(Cl)c3)c(=O)n2[C@@H]1c1ccccc1OC(C)C. The number of rotatable bonds is 8. The summed E-state index contributed by atoms with van der Waals surface area (Å²) in [7, 11) is 0. The summed E-state index contributed by atoms with van der Waals surface area (Å²) in [6, 6.07) is 11.5. The Morgan fingerprint density at radius 3 is 2.59 bits per heavy atom. The molecular weight excluding hydrogens is 561 g/mol. The highest BCUT2D eigenvalue weighted by molar-refractivity contribution is 7.07. The Morgan fingerprint density at radius 1 is 1.26 bits per heavy atom. The largest absolute Gasteiger partial charge is 0.491 e. The highest BCUT2D eigenvalue weighted by Crippen LogP contribution is 2.37. The van der Waals surface area contributed by atoms with E-state index >= 15 is 0 Å². The number of carbonyl (C=O) groups is 1. The minimum Gasteiger partial charge on any atom is -0.491 e. The molecule has 2 aromatic carbocycles. The van der Waals surface area contributed by atoms with Crippen LogP contribution >= 0.6 is 34.5 Å². The van der Waals surface area contributed by atoms with E-state index in [1.807, 2.05) is 44.2 Å². The number of para-hydroxylation sites is 1. The van der Waals surface area contributed by atoms with Crippen LogP contribution in [0.4, 0.5) is 0 Å². The van der Waals surface area contributed by atoms with Crippen LogP contribution in [0.15, 0.2) is 57.5 Å². The monoisotopic (exact) mass is 585 g/mol. The fraction of sp³-hybridized carbons (Fsp3) is 0.286. The number of hydrogen-bond donors (Lipinski definition) is 0. The molecule has 1 aromatic heterocycles. The Hall–Kier alpha value is -3.58. The molecule has 0 saturated heterocycles. The van der Waals surface area contributed by atoms with Gasteiger partial charge in [-0.05, 0) is 57.5 Å². The molecule has 0 N–H and O–H groups in total. The molecule has 202 valence electrons. The van der Waals surface area contributed by atoms with Crippen LogP contribution in [0.3, 0.4) is 0 Å². The summed E-state index contributed by atoms with van der Waals surface area (Å²) in [4.78, 5) is 32.1. The Balaban J connectivity index is 1.93. The van der Waals surface area contributed by atoms with Gasteiger partial charge in [-0.25, -0.2) is 9.79 Å². The molecule has 11 heteroatoms. The lowest BCUT2D eigenvalue weighted by molar-refractivity contribution is -0.139. The standard InChI is InChI=1S/C28H25Cl2N3O5S/c1-5-36-27(35)23-16(4)32-28-33(24(23)18-8-6-7-9-21(18)38-15(2)3)26(34)22(39-28)14-17-12-19(29)25(20(30)13-17)37-11-10-31/h6-9,12-15,24H,5,11H2,1-4H3/b22-14+/t24-/m1/s1. The van der Waals surface area contributed by atoms with Crippen LogP contribution in [-0.4, -0.2) is 29.9 Å². The van der Waals surface area contributed by atoms with Crippen molar-refractivity contribution in [1.82, 2.24) is 4.57 Å². The number of hydrogen-bond acceptors (Lipinski definition) is 8. The first-order chi connectivity index (χ1) is 18.7. The van der Waals surface area contributed by atoms with Crippen LogP contribution in [0.5, 0.6) is 11.5 Å².